The maximum Gasteiger partial charge on any atom is 0.255 e. The molecule has 1 N–H and O–H groups in total. The molecule has 0 spiro atoms. The van der Waals surface area contributed by atoms with Crippen molar-refractivity contribution in [3.05, 3.63) is 96.1 Å². The fourth-order valence-corrected chi connectivity index (χ4v) is 3.82. The van der Waals surface area contributed by atoms with Gasteiger partial charge in [-0.1, -0.05) is 60.7 Å². The Hall–Kier alpha value is -3.11. The third-order valence-electron chi connectivity index (χ3n) is 5.53. The summed E-state index contributed by atoms with van der Waals surface area (Å²) in [6.45, 7) is 1.98. The second-order valence-electron chi connectivity index (χ2n) is 7.35. The van der Waals surface area contributed by atoms with E-state index in [0.29, 0.717) is 36.8 Å². The normalized spacial score (nSPS) is 15.4. The number of rotatable bonds is 6. The Morgan fingerprint density at radius 1 is 0.862 bits per heavy atom. The van der Waals surface area contributed by atoms with E-state index >= 15 is 0 Å². The summed E-state index contributed by atoms with van der Waals surface area (Å²) in [6.07, 6.45) is 1.78. The highest BCUT2D eigenvalue weighted by atomic mass is 16.5. The lowest BCUT2D eigenvalue weighted by Gasteiger charge is -2.38. The van der Waals surface area contributed by atoms with Crippen LogP contribution in [0.15, 0.2) is 84.9 Å². The van der Waals surface area contributed by atoms with Crippen molar-refractivity contribution in [3.63, 3.8) is 0 Å². The van der Waals surface area contributed by atoms with E-state index in [2.05, 4.69) is 29.6 Å². The van der Waals surface area contributed by atoms with Crippen molar-refractivity contribution in [2.24, 2.45) is 0 Å². The zero-order chi connectivity index (χ0) is 19.9. The number of hydrogen-bond acceptors (Lipinski definition) is 3. The fourth-order valence-electron chi connectivity index (χ4n) is 3.82. The first-order valence-corrected chi connectivity index (χ1v) is 10.0. The average Bonchev–Trinajstić information content (AvgIpc) is 2.80. The lowest BCUT2D eigenvalue weighted by atomic mass is 9.74. The van der Waals surface area contributed by atoms with Crippen LogP contribution in [0.2, 0.25) is 0 Å². The number of nitrogens with one attached hydrogen (secondary N) is 1. The monoisotopic (exact) mass is 387 g/mol. The van der Waals surface area contributed by atoms with Crippen LogP contribution < -0.4 is 10.1 Å². The molecule has 29 heavy (non-hydrogen) atoms. The van der Waals surface area contributed by atoms with Crippen LogP contribution in [0.1, 0.15) is 28.8 Å². The molecule has 4 rings (SSSR count). The molecule has 0 atom stereocenters. The standard InChI is InChI=1S/C25H25NO3/c27-24(22-13-7-8-14-23(22)29-21-11-5-2-6-12-21)26-19-25(15-17-28-18-16-25)20-9-3-1-4-10-20/h1-14H,15-19H2,(H,26,27). The molecule has 0 radical (unpaired) electrons. The predicted octanol–water partition coefficient (Wildman–Crippen LogP) is 4.96. The van der Waals surface area contributed by atoms with E-state index in [1.165, 1.54) is 5.56 Å². The third kappa shape index (κ3) is 4.49. The zero-order valence-corrected chi connectivity index (χ0v) is 16.3. The first-order valence-electron chi connectivity index (χ1n) is 10.0. The summed E-state index contributed by atoms with van der Waals surface area (Å²) in [5.41, 5.74) is 1.67. The summed E-state index contributed by atoms with van der Waals surface area (Å²) < 4.78 is 11.5. The molecule has 0 aliphatic carbocycles. The molecule has 4 heteroatoms. The van der Waals surface area contributed by atoms with Crippen molar-refractivity contribution in [2.75, 3.05) is 19.8 Å². The largest absolute Gasteiger partial charge is 0.457 e. The molecule has 0 aromatic heterocycles. The van der Waals surface area contributed by atoms with Gasteiger partial charge in [0.25, 0.3) is 5.91 Å². The van der Waals surface area contributed by atoms with Gasteiger partial charge in [0.15, 0.2) is 0 Å². The van der Waals surface area contributed by atoms with Crippen LogP contribution in [-0.2, 0) is 10.2 Å². The minimum atomic E-state index is -0.127. The second-order valence-corrected chi connectivity index (χ2v) is 7.35. The summed E-state index contributed by atoms with van der Waals surface area (Å²) in [5, 5.41) is 3.16. The Bertz CT molecular complexity index is 935. The number of amides is 1. The molecule has 0 bridgehead atoms. The van der Waals surface area contributed by atoms with E-state index in [4.69, 9.17) is 9.47 Å². The second kappa shape index (κ2) is 8.93. The molecular formula is C25H25NO3. The first-order chi connectivity index (χ1) is 14.3. The Kier molecular flexibility index (Phi) is 5.92. The van der Waals surface area contributed by atoms with E-state index in [1.807, 2.05) is 54.6 Å². The van der Waals surface area contributed by atoms with Crippen LogP contribution >= 0.6 is 0 Å². The molecule has 1 aliphatic heterocycles. The van der Waals surface area contributed by atoms with E-state index in [-0.39, 0.29) is 11.3 Å². The summed E-state index contributed by atoms with van der Waals surface area (Å²) in [7, 11) is 0. The van der Waals surface area contributed by atoms with Gasteiger partial charge in [-0.2, -0.15) is 0 Å². The number of para-hydroxylation sites is 2. The van der Waals surface area contributed by atoms with E-state index in [1.54, 1.807) is 6.07 Å². The van der Waals surface area contributed by atoms with Crippen LogP contribution in [0, 0.1) is 0 Å². The number of carbonyl (C=O) groups excluding carboxylic acids is 1. The van der Waals surface area contributed by atoms with Crippen LogP contribution in [0.25, 0.3) is 0 Å². The zero-order valence-electron chi connectivity index (χ0n) is 16.3. The summed E-state index contributed by atoms with van der Waals surface area (Å²) in [5.74, 6) is 1.13. The molecule has 1 heterocycles. The van der Waals surface area contributed by atoms with Gasteiger partial charge in [-0.15, -0.1) is 0 Å². The van der Waals surface area contributed by atoms with Crippen LogP contribution in [-0.4, -0.2) is 25.7 Å². The van der Waals surface area contributed by atoms with Crippen LogP contribution in [0.4, 0.5) is 0 Å². The van der Waals surface area contributed by atoms with Crippen molar-refractivity contribution >= 4 is 5.91 Å². The van der Waals surface area contributed by atoms with Crippen LogP contribution in [0.5, 0.6) is 11.5 Å². The summed E-state index contributed by atoms with van der Waals surface area (Å²) >= 11 is 0. The van der Waals surface area contributed by atoms with Gasteiger partial charge in [-0.3, -0.25) is 4.79 Å². The number of benzene rings is 3. The Labute approximate surface area is 171 Å². The molecule has 4 nitrogen and oxygen atoms in total. The Morgan fingerprint density at radius 3 is 2.21 bits per heavy atom. The van der Waals surface area contributed by atoms with Crippen molar-refractivity contribution in [1.29, 1.82) is 0 Å². The SMILES string of the molecule is O=C(NCC1(c2ccccc2)CCOCC1)c1ccccc1Oc1ccccc1. The molecule has 1 amide bonds. The van der Waals surface area contributed by atoms with Crippen LogP contribution in [0.3, 0.4) is 0 Å². The fraction of sp³-hybridized carbons (Fsp3) is 0.240. The lowest BCUT2D eigenvalue weighted by molar-refractivity contribution is 0.0487. The maximum absolute atomic E-state index is 13.0. The van der Waals surface area contributed by atoms with E-state index in [0.717, 1.165) is 12.8 Å². The molecule has 3 aromatic carbocycles. The van der Waals surface area contributed by atoms with Crippen molar-refractivity contribution in [3.8, 4) is 11.5 Å². The summed E-state index contributed by atoms with van der Waals surface area (Å²) in [6, 6.07) is 27.3. The van der Waals surface area contributed by atoms with Gasteiger partial charge in [0.05, 0.1) is 5.56 Å². The highest BCUT2D eigenvalue weighted by molar-refractivity contribution is 5.97. The first kappa shape index (κ1) is 19.2. The maximum atomic E-state index is 13.0. The molecule has 0 saturated carbocycles. The molecule has 1 aliphatic rings. The predicted molar refractivity (Wildman–Crippen MR) is 113 cm³/mol. The van der Waals surface area contributed by atoms with Gasteiger partial charge in [0.2, 0.25) is 0 Å². The molecule has 1 saturated heterocycles. The highest BCUT2D eigenvalue weighted by Crippen LogP contribution is 2.34. The van der Waals surface area contributed by atoms with Gasteiger partial charge in [0.1, 0.15) is 11.5 Å². The van der Waals surface area contributed by atoms with Gasteiger partial charge >= 0.3 is 0 Å². The van der Waals surface area contributed by atoms with Gasteiger partial charge < -0.3 is 14.8 Å². The average molecular weight is 387 g/mol. The van der Waals surface area contributed by atoms with Gasteiger partial charge in [0, 0.05) is 25.2 Å². The van der Waals surface area contributed by atoms with Crippen molar-refractivity contribution < 1.29 is 14.3 Å². The summed E-state index contributed by atoms with van der Waals surface area (Å²) in [4.78, 5) is 13.0. The van der Waals surface area contributed by atoms with Crippen molar-refractivity contribution in [1.82, 2.24) is 5.32 Å². The smallest absolute Gasteiger partial charge is 0.255 e. The Morgan fingerprint density at radius 2 is 1.48 bits per heavy atom. The topological polar surface area (TPSA) is 47.6 Å². The van der Waals surface area contributed by atoms with Gasteiger partial charge in [-0.25, -0.2) is 0 Å². The molecular weight excluding hydrogens is 362 g/mol. The minimum Gasteiger partial charge on any atom is -0.457 e. The number of ether oxygens (including phenoxy) is 2. The van der Waals surface area contributed by atoms with Gasteiger partial charge in [-0.05, 0) is 42.7 Å². The molecule has 3 aromatic rings. The number of carbonyl (C=O) groups is 1. The third-order valence-corrected chi connectivity index (χ3v) is 5.53. The molecule has 0 unspecified atom stereocenters. The highest BCUT2D eigenvalue weighted by Gasteiger charge is 2.35. The number of hydrogen-bond donors (Lipinski definition) is 1. The lowest BCUT2D eigenvalue weighted by Crippen LogP contribution is -2.44. The van der Waals surface area contributed by atoms with E-state index in [9.17, 15) is 4.79 Å². The van der Waals surface area contributed by atoms with E-state index < -0.39 is 0 Å². The minimum absolute atomic E-state index is 0.107. The van der Waals surface area contributed by atoms with Crippen molar-refractivity contribution in [2.45, 2.75) is 18.3 Å². The Balaban J connectivity index is 1.52. The molecule has 1 fully saturated rings. The molecule has 148 valence electrons. The quantitative estimate of drug-likeness (QED) is 0.650.